The number of nitrogens with zero attached hydrogens (tertiary/aromatic N) is 2. The van der Waals surface area contributed by atoms with E-state index < -0.39 is 0 Å². The van der Waals surface area contributed by atoms with E-state index in [0.717, 1.165) is 27.9 Å². The van der Waals surface area contributed by atoms with Crippen LogP contribution in [0.4, 0.5) is 5.82 Å². The fraction of sp³-hybridized carbons (Fsp3) is 0.150. The predicted octanol–water partition coefficient (Wildman–Crippen LogP) is 4.39. The second-order valence-corrected chi connectivity index (χ2v) is 5.75. The van der Waals surface area contributed by atoms with Crippen molar-refractivity contribution in [3.63, 3.8) is 0 Å². The van der Waals surface area contributed by atoms with Crippen molar-refractivity contribution in [2.24, 2.45) is 0 Å². The molecule has 0 saturated carbocycles. The van der Waals surface area contributed by atoms with Crippen molar-refractivity contribution in [1.82, 2.24) is 9.97 Å². The number of pyridine rings is 2. The summed E-state index contributed by atoms with van der Waals surface area (Å²) in [6, 6.07) is 14.0. The molecule has 0 aliphatic rings. The molecule has 2 heterocycles. The molecular weight excluding hydrogens is 298 g/mol. The minimum atomic E-state index is -0.134. The Kier molecular flexibility index (Phi) is 4.38. The average Bonchev–Trinajstić information content (AvgIpc) is 2.58. The van der Waals surface area contributed by atoms with Gasteiger partial charge in [0.05, 0.1) is 5.69 Å². The van der Waals surface area contributed by atoms with Gasteiger partial charge in [-0.15, -0.1) is 0 Å². The van der Waals surface area contributed by atoms with Crippen LogP contribution in [-0.4, -0.2) is 15.9 Å². The zero-order valence-corrected chi connectivity index (χ0v) is 14.0. The van der Waals surface area contributed by atoms with Crippen molar-refractivity contribution in [2.75, 3.05) is 5.32 Å². The van der Waals surface area contributed by atoms with E-state index in [0.29, 0.717) is 5.82 Å². The molecule has 0 saturated heterocycles. The fourth-order valence-electron chi connectivity index (χ4n) is 2.73. The van der Waals surface area contributed by atoms with Crippen LogP contribution in [-0.2, 0) is 4.79 Å². The summed E-state index contributed by atoms with van der Waals surface area (Å²) < 4.78 is 0. The molecule has 4 nitrogen and oxygen atoms in total. The minimum absolute atomic E-state index is 0.134. The maximum absolute atomic E-state index is 11.2. The van der Waals surface area contributed by atoms with Crippen LogP contribution >= 0.6 is 0 Å². The van der Waals surface area contributed by atoms with E-state index in [2.05, 4.69) is 41.3 Å². The van der Waals surface area contributed by atoms with Gasteiger partial charge in [0.15, 0.2) is 0 Å². The summed E-state index contributed by atoms with van der Waals surface area (Å²) in [5.41, 5.74) is 6.45. The molecular formula is C20H19N3O. The third-order valence-electron chi connectivity index (χ3n) is 4.07. The van der Waals surface area contributed by atoms with Crippen LogP contribution in [0.3, 0.4) is 0 Å². The van der Waals surface area contributed by atoms with Gasteiger partial charge in [-0.25, -0.2) is 4.98 Å². The van der Waals surface area contributed by atoms with Crippen LogP contribution in [0, 0.1) is 13.8 Å². The Morgan fingerprint density at radius 3 is 2.42 bits per heavy atom. The lowest BCUT2D eigenvalue weighted by Crippen LogP contribution is -2.07. The lowest BCUT2D eigenvalue weighted by molar-refractivity contribution is -0.114. The molecule has 0 aliphatic carbocycles. The van der Waals surface area contributed by atoms with E-state index in [1.54, 1.807) is 6.20 Å². The predicted molar refractivity (Wildman–Crippen MR) is 96.7 cm³/mol. The number of hydrogen-bond acceptors (Lipinski definition) is 3. The molecule has 120 valence electrons. The van der Waals surface area contributed by atoms with Gasteiger partial charge >= 0.3 is 0 Å². The third-order valence-corrected chi connectivity index (χ3v) is 4.07. The molecule has 4 heteroatoms. The lowest BCUT2D eigenvalue weighted by atomic mass is 9.96. The molecule has 0 unspecified atom stereocenters. The largest absolute Gasteiger partial charge is 0.311 e. The molecule has 2 aromatic heterocycles. The van der Waals surface area contributed by atoms with Crippen molar-refractivity contribution in [2.45, 2.75) is 20.8 Å². The van der Waals surface area contributed by atoms with Gasteiger partial charge in [-0.1, -0.05) is 30.3 Å². The number of hydrogen-bond donors (Lipinski definition) is 1. The van der Waals surface area contributed by atoms with Gasteiger partial charge in [0, 0.05) is 30.4 Å². The quantitative estimate of drug-likeness (QED) is 0.779. The number of aromatic nitrogens is 2. The molecule has 0 bridgehead atoms. The average molecular weight is 317 g/mol. The smallest absolute Gasteiger partial charge is 0.222 e. The van der Waals surface area contributed by atoms with Crippen LogP contribution in [0.1, 0.15) is 18.1 Å². The van der Waals surface area contributed by atoms with Gasteiger partial charge in [0.25, 0.3) is 0 Å². The minimum Gasteiger partial charge on any atom is -0.311 e. The van der Waals surface area contributed by atoms with Crippen molar-refractivity contribution in [3.05, 3.63) is 66.0 Å². The molecule has 0 spiro atoms. The van der Waals surface area contributed by atoms with E-state index in [-0.39, 0.29) is 5.91 Å². The van der Waals surface area contributed by atoms with Gasteiger partial charge < -0.3 is 5.32 Å². The standard InChI is InChI=1S/C20H19N3O/c1-13-14(2)20(16-7-5-4-6-8-16)22-12-18(13)17-9-10-21-19(11-17)23-15(3)24/h4-12H,1-3H3,(H,21,23,24). The summed E-state index contributed by atoms with van der Waals surface area (Å²) >= 11 is 0. The first-order valence-electron chi connectivity index (χ1n) is 7.82. The van der Waals surface area contributed by atoms with E-state index in [1.807, 2.05) is 36.5 Å². The summed E-state index contributed by atoms with van der Waals surface area (Å²) in [6.45, 7) is 5.65. The lowest BCUT2D eigenvalue weighted by Gasteiger charge is -2.13. The molecule has 24 heavy (non-hydrogen) atoms. The van der Waals surface area contributed by atoms with Crippen molar-refractivity contribution in [3.8, 4) is 22.4 Å². The Balaban J connectivity index is 2.04. The Morgan fingerprint density at radius 1 is 0.958 bits per heavy atom. The summed E-state index contributed by atoms with van der Waals surface area (Å²) in [5.74, 6) is 0.411. The summed E-state index contributed by atoms with van der Waals surface area (Å²) in [7, 11) is 0. The van der Waals surface area contributed by atoms with Crippen LogP contribution in [0.2, 0.25) is 0 Å². The Morgan fingerprint density at radius 2 is 1.71 bits per heavy atom. The number of benzene rings is 1. The Hall–Kier alpha value is -3.01. The first-order chi connectivity index (χ1) is 11.6. The second-order valence-electron chi connectivity index (χ2n) is 5.75. The van der Waals surface area contributed by atoms with Crippen molar-refractivity contribution < 1.29 is 4.79 Å². The van der Waals surface area contributed by atoms with E-state index in [4.69, 9.17) is 0 Å². The maximum atomic E-state index is 11.2. The molecule has 1 amide bonds. The van der Waals surface area contributed by atoms with Gasteiger partial charge in [-0.3, -0.25) is 9.78 Å². The molecule has 1 aromatic carbocycles. The Bertz CT molecular complexity index is 889. The van der Waals surface area contributed by atoms with Gasteiger partial charge in [-0.2, -0.15) is 0 Å². The van der Waals surface area contributed by atoms with E-state index in [9.17, 15) is 4.79 Å². The fourth-order valence-corrected chi connectivity index (χ4v) is 2.73. The highest BCUT2D eigenvalue weighted by atomic mass is 16.1. The number of carbonyl (C=O) groups is 1. The first-order valence-corrected chi connectivity index (χ1v) is 7.82. The molecule has 0 fully saturated rings. The number of anilines is 1. The summed E-state index contributed by atoms with van der Waals surface area (Å²) in [5, 5.41) is 2.72. The monoisotopic (exact) mass is 317 g/mol. The Labute approximate surface area is 141 Å². The van der Waals surface area contributed by atoms with Crippen molar-refractivity contribution in [1.29, 1.82) is 0 Å². The number of amides is 1. The number of nitrogens with one attached hydrogen (secondary N) is 1. The van der Waals surface area contributed by atoms with Gasteiger partial charge in [0.1, 0.15) is 5.82 Å². The zero-order valence-electron chi connectivity index (χ0n) is 14.0. The number of carbonyl (C=O) groups excluding carboxylic acids is 1. The topological polar surface area (TPSA) is 54.9 Å². The summed E-state index contributed by atoms with van der Waals surface area (Å²) in [4.78, 5) is 20.1. The molecule has 0 atom stereocenters. The van der Waals surface area contributed by atoms with Gasteiger partial charge in [-0.05, 0) is 42.7 Å². The first kappa shape index (κ1) is 15.9. The van der Waals surface area contributed by atoms with Gasteiger partial charge in [0.2, 0.25) is 5.91 Å². The van der Waals surface area contributed by atoms with Crippen molar-refractivity contribution >= 4 is 11.7 Å². The molecule has 0 aliphatic heterocycles. The highest BCUT2D eigenvalue weighted by molar-refractivity contribution is 5.88. The second kappa shape index (κ2) is 6.62. The van der Waals surface area contributed by atoms with Crippen LogP contribution in [0.5, 0.6) is 0 Å². The van der Waals surface area contributed by atoms with Crippen LogP contribution in [0.25, 0.3) is 22.4 Å². The van der Waals surface area contributed by atoms with Crippen LogP contribution < -0.4 is 5.32 Å². The van der Waals surface area contributed by atoms with Crippen LogP contribution in [0.15, 0.2) is 54.9 Å². The van der Waals surface area contributed by atoms with E-state index in [1.165, 1.54) is 12.5 Å². The molecule has 0 radical (unpaired) electrons. The molecule has 3 aromatic rings. The molecule has 1 N–H and O–H groups in total. The third kappa shape index (κ3) is 3.18. The highest BCUT2D eigenvalue weighted by Crippen LogP contribution is 2.31. The maximum Gasteiger partial charge on any atom is 0.222 e. The number of rotatable bonds is 3. The van der Waals surface area contributed by atoms with E-state index >= 15 is 0 Å². The summed E-state index contributed by atoms with van der Waals surface area (Å²) in [6.07, 6.45) is 3.58. The zero-order chi connectivity index (χ0) is 17.1. The normalized spacial score (nSPS) is 10.5. The SMILES string of the molecule is CC(=O)Nc1cc(-c2cnc(-c3ccccc3)c(C)c2C)ccn1. The molecule has 3 rings (SSSR count). The highest BCUT2D eigenvalue weighted by Gasteiger charge is 2.11.